The van der Waals surface area contributed by atoms with Crippen LogP contribution in [-0.2, 0) is 7.05 Å². The predicted molar refractivity (Wildman–Crippen MR) is 77.2 cm³/mol. The first-order valence-corrected chi connectivity index (χ1v) is 6.30. The first kappa shape index (κ1) is 12.3. The number of nitrogens with one attached hydrogen (secondary N) is 1. The van der Waals surface area contributed by atoms with E-state index in [1.54, 1.807) is 13.1 Å². The molecule has 0 aliphatic carbocycles. The van der Waals surface area contributed by atoms with Crippen molar-refractivity contribution in [2.45, 2.75) is 6.92 Å². The Balaban J connectivity index is 2.12. The monoisotopic (exact) mass is 266 g/mol. The molecule has 0 atom stereocenters. The van der Waals surface area contributed by atoms with Gasteiger partial charge in [-0.05, 0) is 19.1 Å². The number of aromatic amines is 1. The van der Waals surface area contributed by atoms with Crippen LogP contribution in [0.1, 0.15) is 5.82 Å². The Morgan fingerprint density at radius 3 is 2.65 bits per heavy atom. The minimum absolute atomic E-state index is 0.140. The summed E-state index contributed by atoms with van der Waals surface area (Å²) < 4.78 is 1.82. The summed E-state index contributed by atoms with van der Waals surface area (Å²) >= 11 is 0. The second kappa shape index (κ2) is 4.77. The molecule has 0 amide bonds. The fourth-order valence-electron chi connectivity index (χ4n) is 2.22. The summed E-state index contributed by atoms with van der Waals surface area (Å²) in [5.74, 6) is 0.610. The minimum Gasteiger partial charge on any atom is -0.311 e. The highest BCUT2D eigenvalue weighted by molar-refractivity contribution is 5.69. The highest BCUT2D eigenvalue weighted by atomic mass is 16.1. The Hall–Kier alpha value is -2.69. The summed E-state index contributed by atoms with van der Waals surface area (Å²) in [6.45, 7) is 1.77. The van der Waals surface area contributed by atoms with Crippen molar-refractivity contribution in [2.75, 3.05) is 0 Å². The van der Waals surface area contributed by atoms with Crippen LogP contribution in [0, 0.1) is 6.92 Å². The SMILES string of the molecule is Cc1nc(-c2cccc(-c3ccnn3C)c2)cc(=O)[nH]1. The summed E-state index contributed by atoms with van der Waals surface area (Å²) in [5.41, 5.74) is 3.52. The third kappa shape index (κ3) is 2.25. The molecule has 0 aliphatic rings. The van der Waals surface area contributed by atoms with E-state index in [0.717, 1.165) is 16.8 Å². The molecule has 0 fully saturated rings. The van der Waals surface area contributed by atoms with E-state index in [1.165, 1.54) is 6.07 Å². The molecular formula is C15H14N4O. The van der Waals surface area contributed by atoms with Crippen molar-refractivity contribution < 1.29 is 0 Å². The van der Waals surface area contributed by atoms with E-state index < -0.39 is 0 Å². The van der Waals surface area contributed by atoms with Gasteiger partial charge in [0.2, 0.25) is 0 Å². The number of aromatic nitrogens is 4. The van der Waals surface area contributed by atoms with Gasteiger partial charge in [-0.1, -0.05) is 18.2 Å². The molecule has 20 heavy (non-hydrogen) atoms. The smallest absolute Gasteiger partial charge is 0.251 e. The summed E-state index contributed by atoms with van der Waals surface area (Å²) in [7, 11) is 1.90. The second-order valence-corrected chi connectivity index (χ2v) is 4.64. The summed E-state index contributed by atoms with van der Waals surface area (Å²) in [6.07, 6.45) is 1.76. The lowest BCUT2D eigenvalue weighted by Crippen LogP contribution is -2.08. The number of nitrogens with zero attached hydrogens (tertiary/aromatic N) is 3. The molecule has 5 heteroatoms. The van der Waals surface area contributed by atoms with Crippen LogP contribution in [0.25, 0.3) is 22.5 Å². The van der Waals surface area contributed by atoms with Crippen LogP contribution in [0.5, 0.6) is 0 Å². The van der Waals surface area contributed by atoms with Crippen molar-refractivity contribution in [3.05, 3.63) is 58.8 Å². The fourth-order valence-corrected chi connectivity index (χ4v) is 2.22. The maximum absolute atomic E-state index is 11.5. The van der Waals surface area contributed by atoms with Crippen LogP contribution >= 0.6 is 0 Å². The van der Waals surface area contributed by atoms with Gasteiger partial charge in [0, 0.05) is 30.4 Å². The van der Waals surface area contributed by atoms with Gasteiger partial charge in [0.25, 0.3) is 5.56 Å². The third-order valence-electron chi connectivity index (χ3n) is 3.14. The average molecular weight is 266 g/mol. The molecule has 2 aromatic heterocycles. The Morgan fingerprint density at radius 1 is 1.15 bits per heavy atom. The lowest BCUT2D eigenvalue weighted by Gasteiger charge is -2.06. The van der Waals surface area contributed by atoms with Gasteiger partial charge in [0.15, 0.2) is 0 Å². The molecule has 3 rings (SSSR count). The van der Waals surface area contributed by atoms with Gasteiger partial charge in [-0.15, -0.1) is 0 Å². The summed E-state index contributed by atoms with van der Waals surface area (Å²) in [6, 6.07) is 11.4. The van der Waals surface area contributed by atoms with Crippen molar-refractivity contribution >= 4 is 0 Å². The molecule has 0 unspecified atom stereocenters. The summed E-state index contributed by atoms with van der Waals surface area (Å²) in [5, 5.41) is 4.17. The lowest BCUT2D eigenvalue weighted by molar-refractivity contribution is 0.776. The maximum Gasteiger partial charge on any atom is 0.251 e. The Kier molecular flexibility index (Phi) is 2.95. The van der Waals surface area contributed by atoms with Gasteiger partial charge in [-0.3, -0.25) is 9.48 Å². The third-order valence-corrected chi connectivity index (χ3v) is 3.14. The van der Waals surface area contributed by atoms with Crippen LogP contribution in [0.4, 0.5) is 0 Å². The quantitative estimate of drug-likeness (QED) is 0.773. The highest BCUT2D eigenvalue weighted by Gasteiger charge is 2.06. The zero-order valence-corrected chi connectivity index (χ0v) is 11.3. The van der Waals surface area contributed by atoms with Gasteiger partial charge in [-0.25, -0.2) is 4.98 Å². The normalized spacial score (nSPS) is 10.7. The highest BCUT2D eigenvalue weighted by Crippen LogP contribution is 2.24. The zero-order valence-electron chi connectivity index (χ0n) is 11.3. The Labute approximate surface area is 115 Å². The molecule has 1 N–H and O–H groups in total. The molecule has 1 aromatic carbocycles. The van der Waals surface area contributed by atoms with E-state index >= 15 is 0 Å². The number of H-pyrrole nitrogens is 1. The zero-order chi connectivity index (χ0) is 14.1. The lowest BCUT2D eigenvalue weighted by atomic mass is 10.1. The van der Waals surface area contributed by atoms with Gasteiger partial charge >= 0.3 is 0 Å². The molecule has 0 bridgehead atoms. The first-order valence-electron chi connectivity index (χ1n) is 6.30. The van der Waals surface area contributed by atoms with Crippen molar-refractivity contribution in [2.24, 2.45) is 7.05 Å². The van der Waals surface area contributed by atoms with Crippen LogP contribution < -0.4 is 5.56 Å². The molecule has 0 saturated carbocycles. The van der Waals surface area contributed by atoms with Crippen LogP contribution in [0.2, 0.25) is 0 Å². The van der Waals surface area contributed by atoms with Crippen molar-refractivity contribution in [1.29, 1.82) is 0 Å². The van der Waals surface area contributed by atoms with Crippen LogP contribution in [-0.4, -0.2) is 19.7 Å². The van der Waals surface area contributed by atoms with E-state index in [-0.39, 0.29) is 5.56 Å². The number of hydrogen-bond acceptors (Lipinski definition) is 3. The summed E-state index contributed by atoms with van der Waals surface area (Å²) in [4.78, 5) is 18.6. The standard InChI is InChI=1S/C15H14N4O/c1-10-17-13(9-15(20)18-10)11-4-3-5-12(8-11)14-6-7-16-19(14)2/h3-9H,1-2H3,(H,17,18,20). The van der Waals surface area contributed by atoms with E-state index in [2.05, 4.69) is 15.1 Å². The van der Waals surface area contributed by atoms with E-state index in [4.69, 9.17) is 0 Å². The average Bonchev–Trinajstić information content (AvgIpc) is 2.84. The van der Waals surface area contributed by atoms with Crippen molar-refractivity contribution in [3.8, 4) is 22.5 Å². The molecule has 100 valence electrons. The molecule has 2 heterocycles. The molecule has 0 saturated heterocycles. The largest absolute Gasteiger partial charge is 0.311 e. The minimum atomic E-state index is -0.140. The molecular weight excluding hydrogens is 252 g/mol. The van der Waals surface area contributed by atoms with Crippen molar-refractivity contribution in [1.82, 2.24) is 19.7 Å². The molecule has 0 radical (unpaired) electrons. The fraction of sp³-hybridized carbons (Fsp3) is 0.133. The second-order valence-electron chi connectivity index (χ2n) is 4.64. The predicted octanol–water partition coefficient (Wildman–Crippen LogP) is 2.15. The van der Waals surface area contributed by atoms with Crippen LogP contribution in [0.3, 0.4) is 0 Å². The number of benzene rings is 1. The van der Waals surface area contributed by atoms with Gasteiger partial charge in [0.05, 0.1) is 11.4 Å². The number of hydrogen-bond donors (Lipinski definition) is 1. The van der Waals surface area contributed by atoms with E-state index in [0.29, 0.717) is 11.5 Å². The van der Waals surface area contributed by atoms with E-state index in [1.807, 2.05) is 42.1 Å². The van der Waals surface area contributed by atoms with Crippen LogP contribution in [0.15, 0.2) is 47.4 Å². The van der Waals surface area contributed by atoms with E-state index in [9.17, 15) is 4.79 Å². The molecule has 3 aromatic rings. The molecule has 0 aliphatic heterocycles. The topological polar surface area (TPSA) is 63.6 Å². The maximum atomic E-state index is 11.5. The Morgan fingerprint density at radius 2 is 1.95 bits per heavy atom. The van der Waals surface area contributed by atoms with Gasteiger partial charge < -0.3 is 4.98 Å². The molecule has 5 nitrogen and oxygen atoms in total. The molecule has 0 spiro atoms. The van der Waals surface area contributed by atoms with Gasteiger partial charge in [0.1, 0.15) is 5.82 Å². The van der Waals surface area contributed by atoms with Gasteiger partial charge in [-0.2, -0.15) is 5.10 Å². The van der Waals surface area contributed by atoms with Crippen molar-refractivity contribution in [3.63, 3.8) is 0 Å². The Bertz CT molecular complexity index is 816. The first-order chi connectivity index (χ1) is 9.63. The number of rotatable bonds is 2. The number of aryl methyl sites for hydroxylation is 2.